The van der Waals surface area contributed by atoms with Crippen LogP contribution in [0, 0.1) is 0 Å². The first-order valence-electron chi connectivity index (χ1n) is 11.3. The average Bonchev–Trinajstić information content (AvgIpc) is 3.06. The number of ketones is 1. The molecule has 1 unspecified atom stereocenters. The first-order chi connectivity index (χ1) is 15.5. The molecule has 1 amide bonds. The maximum absolute atomic E-state index is 13.0. The number of benzene rings is 2. The van der Waals surface area contributed by atoms with Crippen LogP contribution in [0.3, 0.4) is 0 Å². The van der Waals surface area contributed by atoms with Gasteiger partial charge in [0.1, 0.15) is 17.3 Å². The van der Waals surface area contributed by atoms with Gasteiger partial charge >= 0.3 is 0 Å². The number of amides is 1. The second-order valence-electron chi connectivity index (χ2n) is 7.72. The summed E-state index contributed by atoms with van der Waals surface area (Å²) in [4.78, 5) is 27.4. The Kier molecular flexibility index (Phi) is 7.92. The van der Waals surface area contributed by atoms with Gasteiger partial charge < -0.3 is 19.5 Å². The second kappa shape index (κ2) is 10.8. The van der Waals surface area contributed by atoms with Gasteiger partial charge in [0.05, 0.1) is 24.8 Å². The lowest BCUT2D eigenvalue weighted by molar-refractivity contribution is -0.139. The quantitative estimate of drug-likeness (QED) is 0.318. The van der Waals surface area contributed by atoms with E-state index in [1.165, 1.54) is 0 Å². The van der Waals surface area contributed by atoms with Gasteiger partial charge in [0.25, 0.3) is 11.7 Å². The number of nitrogens with zero attached hydrogens (tertiary/aromatic N) is 1. The van der Waals surface area contributed by atoms with E-state index in [1.807, 2.05) is 45.0 Å². The molecule has 1 fully saturated rings. The molecule has 1 saturated heterocycles. The molecule has 6 nitrogen and oxygen atoms in total. The smallest absolute Gasteiger partial charge is 0.295 e. The van der Waals surface area contributed by atoms with Crippen LogP contribution in [0.4, 0.5) is 0 Å². The number of carbonyl (C=O) groups is 2. The highest BCUT2D eigenvalue weighted by molar-refractivity contribution is 6.46. The van der Waals surface area contributed by atoms with Crippen molar-refractivity contribution in [1.29, 1.82) is 0 Å². The zero-order valence-corrected chi connectivity index (χ0v) is 19.0. The summed E-state index contributed by atoms with van der Waals surface area (Å²) in [6.07, 6.45) is 2.55. The molecule has 2 aromatic rings. The van der Waals surface area contributed by atoms with Gasteiger partial charge in [-0.05, 0) is 61.7 Å². The summed E-state index contributed by atoms with van der Waals surface area (Å²) in [6.45, 7) is 7.56. The van der Waals surface area contributed by atoms with E-state index >= 15 is 0 Å². The molecule has 0 aliphatic carbocycles. The number of hydrogen-bond acceptors (Lipinski definition) is 5. The largest absolute Gasteiger partial charge is 0.507 e. The number of hydrogen-bond donors (Lipinski definition) is 1. The van der Waals surface area contributed by atoms with Crippen molar-refractivity contribution in [2.75, 3.05) is 19.8 Å². The molecule has 1 atom stereocenters. The van der Waals surface area contributed by atoms with Gasteiger partial charge in [-0.3, -0.25) is 9.59 Å². The fourth-order valence-electron chi connectivity index (χ4n) is 3.78. The van der Waals surface area contributed by atoms with E-state index in [4.69, 9.17) is 9.47 Å². The number of likely N-dealkylation sites (tertiary alicyclic amines) is 1. The first kappa shape index (κ1) is 23.4. The van der Waals surface area contributed by atoms with E-state index in [1.54, 1.807) is 29.2 Å². The summed E-state index contributed by atoms with van der Waals surface area (Å²) in [7, 11) is 0. The van der Waals surface area contributed by atoms with Crippen molar-refractivity contribution in [2.24, 2.45) is 0 Å². The summed E-state index contributed by atoms with van der Waals surface area (Å²) in [5.74, 6) is -0.0202. The van der Waals surface area contributed by atoms with E-state index in [0.29, 0.717) is 36.8 Å². The number of carbonyl (C=O) groups excluding carboxylic acids is 2. The normalized spacial score (nSPS) is 17.6. The van der Waals surface area contributed by atoms with Gasteiger partial charge in [0, 0.05) is 12.1 Å². The van der Waals surface area contributed by atoms with Crippen LogP contribution in [0.15, 0.2) is 54.1 Å². The monoisotopic (exact) mass is 437 g/mol. The molecule has 0 radical (unpaired) electrons. The fraction of sp³-hybridized carbons (Fsp3) is 0.385. The predicted molar refractivity (Wildman–Crippen MR) is 124 cm³/mol. The number of aliphatic hydroxyl groups is 1. The molecule has 1 aliphatic rings. The topological polar surface area (TPSA) is 76.1 Å². The summed E-state index contributed by atoms with van der Waals surface area (Å²) >= 11 is 0. The van der Waals surface area contributed by atoms with Gasteiger partial charge in [0.15, 0.2) is 0 Å². The lowest BCUT2D eigenvalue weighted by atomic mass is 9.95. The van der Waals surface area contributed by atoms with Crippen LogP contribution in [0.25, 0.3) is 5.76 Å². The van der Waals surface area contributed by atoms with Crippen LogP contribution < -0.4 is 9.47 Å². The molecule has 0 saturated carbocycles. The third-order valence-corrected chi connectivity index (χ3v) is 5.40. The molecule has 1 aliphatic heterocycles. The summed E-state index contributed by atoms with van der Waals surface area (Å²) < 4.78 is 11.1. The van der Waals surface area contributed by atoms with E-state index in [-0.39, 0.29) is 11.3 Å². The number of Topliss-reactive ketones (excluding diaryl/α,β-unsaturated/α-hetero) is 1. The highest BCUT2D eigenvalue weighted by Crippen LogP contribution is 2.40. The van der Waals surface area contributed by atoms with Crippen molar-refractivity contribution in [3.63, 3.8) is 0 Å². The minimum Gasteiger partial charge on any atom is -0.507 e. The lowest BCUT2D eigenvalue weighted by Crippen LogP contribution is -2.30. The average molecular weight is 438 g/mol. The Bertz CT molecular complexity index is 963. The van der Waals surface area contributed by atoms with Crippen LogP contribution >= 0.6 is 0 Å². The van der Waals surface area contributed by atoms with Crippen LogP contribution in [0.5, 0.6) is 11.5 Å². The van der Waals surface area contributed by atoms with Crippen molar-refractivity contribution in [1.82, 2.24) is 4.90 Å². The molecule has 1 N–H and O–H groups in total. The lowest BCUT2D eigenvalue weighted by Gasteiger charge is -2.25. The van der Waals surface area contributed by atoms with Crippen LogP contribution in [0.1, 0.15) is 57.2 Å². The standard InChI is InChI=1S/C26H31NO5/c1-4-7-16-27-23(18-8-12-20(13-9-18)31-6-3)22(25(29)26(27)30)24(28)19-10-14-21(15-11-19)32-17-5-2/h8-15,23,28H,4-7,16-17H2,1-3H3/b24-22-. The first-order valence-corrected chi connectivity index (χ1v) is 11.3. The Morgan fingerprint density at radius 3 is 2.12 bits per heavy atom. The SMILES string of the molecule is CCCCN1C(=O)C(=O)/C(=C(\O)c2ccc(OCCC)cc2)C1c1ccc(OCC)cc1. The zero-order valence-electron chi connectivity index (χ0n) is 19.0. The van der Waals surface area contributed by atoms with Crippen LogP contribution in [-0.4, -0.2) is 41.5 Å². The van der Waals surface area contributed by atoms with E-state index in [9.17, 15) is 14.7 Å². The van der Waals surface area contributed by atoms with Gasteiger partial charge in [-0.2, -0.15) is 0 Å². The second-order valence-corrected chi connectivity index (χ2v) is 7.72. The van der Waals surface area contributed by atoms with E-state index < -0.39 is 17.7 Å². The maximum Gasteiger partial charge on any atom is 0.295 e. The summed E-state index contributed by atoms with van der Waals surface area (Å²) in [6, 6.07) is 13.6. The minimum absolute atomic E-state index is 0.109. The molecule has 0 aromatic heterocycles. The Morgan fingerprint density at radius 1 is 0.906 bits per heavy atom. The number of ether oxygens (including phenoxy) is 2. The molecule has 0 spiro atoms. The van der Waals surface area contributed by atoms with Crippen LogP contribution in [-0.2, 0) is 9.59 Å². The molecule has 6 heteroatoms. The van der Waals surface area contributed by atoms with Gasteiger partial charge in [-0.25, -0.2) is 0 Å². The van der Waals surface area contributed by atoms with Crippen molar-refractivity contribution in [3.8, 4) is 11.5 Å². The van der Waals surface area contributed by atoms with Crippen molar-refractivity contribution in [3.05, 3.63) is 65.2 Å². The van der Waals surface area contributed by atoms with Crippen LogP contribution in [0.2, 0.25) is 0 Å². The van der Waals surface area contributed by atoms with Gasteiger partial charge in [-0.1, -0.05) is 32.4 Å². The molecule has 32 heavy (non-hydrogen) atoms. The number of aliphatic hydroxyl groups excluding tert-OH is 1. The fourth-order valence-corrected chi connectivity index (χ4v) is 3.78. The number of rotatable bonds is 10. The zero-order chi connectivity index (χ0) is 23.1. The minimum atomic E-state index is -0.663. The molecular formula is C26H31NO5. The van der Waals surface area contributed by atoms with Crippen molar-refractivity contribution >= 4 is 17.4 Å². The van der Waals surface area contributed by atoms with Gasteiger partial charge in [-0.15, -0.1) is 0 Å². The molecular weight excluding hydrogens is 406 g/mol. The molecule has 0 bridgehead atoms. The summed E-state index contributed by atoms with van der Waals surface area (Å²) in [5.41, 5.74) is 1.34. The van der Waals surface area contributed by atoms with E-state index in [2.05, 4.69) is 0 Å². The highest BCUT2D eigenvalue weighted by atomic mass is 16.5. The molecule has 3 rings (SSSR count). The molecule has 1 heterocycles. The maximum atomic E-state index is 13.0. The molecule has 2 aromatic carbocycles. The third-order valence-electron chi connectivity index (χ3n) is 5.40. The summed E-state index contributed by atoms with van der Waals surface area (Å²) in [5, 5.41) is 11.1. The number of unbranched alkanes of at least 4 members (excludes halogenated alkanes) is 1. The third kappa shape index (κ3) is 4.96. The predicted octanol–water partition coefficient (Wildman–Crippen LogP) is 5.10. The Morgan fingerprint density at radius 2 is 1.53 bits per heavy atom. The van der Waals surface area contributed by atoms with Crippen molar-refractivity contribution < 1.29 is 24.2 Å². The Hall–Kier alpha value is -3.28. The Balaban J connectivity index is 2.03. The van der Waals surface area contributed by atoms with E-state index in [0.717, 1.165) is 24.8 Å². The highest BCUT2D eigenvalue weighted by Gasteiger charge is 2.45. The van der Waals surface area contributed by atoms with Crippen molar-refractivity contribution in [2.45, 2.75) is 46.1 Å². The Labute approximate surface area is 189 Å². The van der Waals surface area contributed by atoms with Gasteiger partial charge in [0.2, 0.25) is 0 Å². The molecule has 170 valence electrons.